The molecule has 0 aliphatic carbocycles. The molecule has 1 aromatic heterocycles. The van der Waals surface area contributed by atoms with E-state index in [1.165, 1.54) is 5.56 Å². The number of nitrogens with zero attached hydrogens (tertiary/aromatic N) is 2. The molecule has 2 saturated heterocycles. The maximum absolute atomic E-state index is 11.5. The molecule has 0 spiro atoms. The van der Waals surface area contributed by atoms with E-state index in [2.05, 4.69) is 40.2 Å². The van der Waals surface area contributed by atoms with Gasteiger partial charge in [-0.05, 0) is 37.3 Å². The van der Waals surface area contributed by atoms with Crippen molar-refractivity contribution in [2.24, 2.45) is 0 Å². The van der Waals surface area contributed by atoms with Gasteiger partial charge in [-0.2, -0.15) is 4.98 Å². The zero-order valence-corrected chi connectivity index (χ0v) is 15.4. The molecule has 0 radical (unpaired) electrons. The van der Waals surface area contributed by atoms with Crippen molar-refractivity contribution in [1.29, 1.82) is 0 Å². The molecule has 1 aromatic carbocycles. The molecule has 26 heavy (non-hydrogen) atoms. The Kier molecular flexibility index (Phi) is 4.59. The van der Waals surface area contributed by atoms with E-state index in [-0.39, 0.29) is 0 Å². The van der Waals surface area contributed by atoms with Crippen LogP contribution in [-0.2, 0) is 12.1 Å². The van der Waals surface area contributed by atoms with Crippen molar-refractivity contribution < 1.29 is 14.6 Å². The lowest BCUT2D eigenvalue weighted by Gasteiger charge is -2.44. The van der Waals surface area contributed by atoms with E-state index in [4.69, 9.17) is 9.47 Å². The molecule has 4 rings (SSSR count). The average molecular weight is 354 g/mol. The Hall–Kier alpha value is -2.11. The summed E-state index contributed by atoms with van der Waals surface area (Å²) in [6.45, 7) is 0.949. The Bertz CT molecular complexity index is 751. The van der Waals surface area contributed by atoms with Gasteiger partial charge in [0.25, 0.3) is 0 Å². The number of aromatic nitrogens is 1. The van der Waals surface area contributed by atoms with Gasteiger partial charge in [0, 0.05) is 30.3 Å². The van der Waals surface area contributed by atoms with Crippen LogP contribution >= 0.6 is 0 Å². The monoisotopic (exact) mass is 354 g/mol. The molecule has 5 heteroatoms. The summed E-state index contributed by atoms with van der Waals surface area (Å²) in [7, 11) is 3.17. The fourth-order valence-corrected chi connectivity index (χ4v) is 4.64. The second-order valence-corrected chi connectivity index (χ2v) is 7.39. The molecule has 5 nitrogen and oxygen atoms in total. The molecule has 0 amide bonds. The molecule has 0 saturated carbocycles. The van der Waals surface area contributed by atoms with E-state index in [9.17, 15) is 5.11 Å². The van der Waals surface area contributed by atoms with Gasteiger partial charge in [0.15, 0.2) is 0 Å². The maximum Gasteiger partial charge on any atom is 0.222 e. The predicted molar refractivity (Wildman–Crippen MR) is 99.3 cm³/mol. The van der Waals surface area contributed by atoms with Crippen molar-refractivity contribution in [3.63, 3.8) is 0 Å². The van der Waals surface area contributed by atoms with Crippen molar-refractivity contribution in [2.45, 2.75) is 49.9 Å². The summed E-state index contributed by atoms with van der Waals surface area (Å²) in [4.78, 5) is 6.93. The fraction of sp³-hybridized carbons (Fsp3) is 0.476. The van der Waals surface area contributed by atoms with Gasteiger partial charge in [-0.3, -0.25) is 4.90 Å². The van der Waals surface area contributed by atoms with Gasteiger partial charge < -0.3 is 14.6 Å². The third kappa shape index (κ3) is 3.06. The predicted octanol–water partition coefficient (Wildman–Crippen LogP) is 3.11. The highest BCUT2D eigenvalue weighted by atomic mass is 16.5. The molecule has 2 unspecified atom stereocenters. The van der Waals surface area contributed by atoms with E-state index >= 15 is 0 Å². The van der Waals surface area contributed by atoms with Crippen LogP contribution in [0, 0.1) is 0 Å². The third-order valence-electron chi connectivity index (χ3n) is 5.86. The smallest absolute Gasteiger partial charge is 0.222 e. The SMILES string of the molecule is COc1ccc(C2(O)CC3CCC(C2)N3Cc2ccccc2)c(OC)n1. The average Bonchev–Trinajstić information content (AvgIpc) is 2.92. The zero-order chi connectivity index (χ0) is 18.1. The fourth-order valence-electron chi connectivity index (χ4n) is 4.64. The van der Waals surface area contributed by atoms with Crippen LogP contribution in [0.3, 0.4) is 0 Å². The Labute approximate surface area is 154 Å². The van der Waals surface area contributed by atoms with Crippen molar-refractivity contribution in [3.8, 4) is 11.8 Å². The number of rotatable bonds is 5. The van der Waals surface area contributed by atoms with Crippen LogP contribution in [0.4, 0.5) is 0 Å². The number of ether oxygens (including phenoxy) is 2. The van der Waals surface area contributed by atoms with Crippen LogP contribution in [0.5, 0.6) is 11.8 Å². The van der Waals surface area contributed by atoms with Crippen LogP contribution in [0.15, 0.2) is 42.5 Å². The topological polar surface area (TPSA) is 54.8 Å². The first-order chi connectivity index (χ1) is 12.6. The summed E-state index contributed by atoms with van der Waals surface area (Å²) in [5.74, 6) is 0.960. The summed E-state index contributed by atoms with van der Waals surface area (Å²) in [6.07, 6.45) is 3.68. The zero-order valence-electron chi connectivity index (χ0n) is 15.4. The maximum atomic E-state index is 11.5. The van der Waals surface area contributed by atoms with E-state index in [1.54, 1.807) is 20.3 Å². The quantitative estimate of drug-likeness (QED) is 0.894. The highest BCUT2D eigenvalue weighted by molar-refractivity contribution is 5.37. The Morgan fingerprint density at radius 3 is 2.35 bits per heavy atom. The Morgan fingerprint density at radius 2 is 1.73 bits per heavy atom. The Balaban J connectivity index is 1.58. The lowest BCUT2D eigenvalue weighted by molar-refractivity contribution is -0.0610. The molecule has 1 N–H and O–H groups in total. The number of fused-ring (bicyclic) bond motifs is 2. The highest BCUT2D eigenvalue weighted by Gasteiger charge is 2.49. The van der Waals surface area contributed by atoms with Gasteiger partial charge >= 0.3 is 0 Å². The van der Waals surface area contributed by atoms with E-state index in [0.29, 0.717) is 36.7 Å². The lowest BCUT2D eigenvalue weighted by Crippen LogP contribution is -2.49. The summed E-state index contributed by atoms with van der Waals surface area (Å²) in [6, 6.07) is 15.0. The molecule has 2 fully saturated rings. The van der Waals surface area contributed by atoms with Gasteiger partial charge in [0.2, 0.25) is 11.8 Å². The molecular weight excluding hydrogens is 328 g/mol. The van der Waals surface area contributed by atoms with Crippen molar-refractivity contribution in [2.75, 3.05) is 14.2 Å². The molecule has 2 aromatic rings. The van der Waals surface area contributed by atoms with E-state index in [1.807, 2.05) is 6.07 Å². The second kappa shape index (κ2) is 6.89. The summed E-state index contributed by atoms with van der Waals surface area (Å²) in [5, 5.41) is 11.5. The van der Waals surface area contributed by atoms with Gasteiger partial charge in [-0.25, -0.2) is 0 Å². The van der Waals surface area contributed by atoms with Gasteiger partial charge in [-0.15, -0.1) is 0 Å². The largest absolute Gasteiger partial charge is 0.481 e. The van der Waals surface area contributed by atoms with Crippen LogP contribution in [0.25, 0.3) is 0 Å². The lowest BCUT2D eigenvalue weighted by atomic mass is 9.80. The minimum absolute atomic E-state index is 0.380. The van der Waals surface area contributed by atoms with Crippen molar-refractivity contribution in [3.05, 3.63) is 53.6 Å². The number of hydrogen-bond donors (Lipinski definition) is 1. The molecule has 3 heterocycles. The van der Waals surface area contributed by atoms with Crippen LogP contribution in [0.1, 0.15) is 36.8 Å². The number of methoxy groups -OCH3 is 2. The third-order valence-corrected chi connectivity index (χ3v) is 5.86. The molecule has 2 atom stereocenters. The van der Waals surface area contributed by atoms with Crippen LogP contribution < -0.4 is 9.47 Å². The first kappa shape index (κ1) is 17.3. The van der Waals surface area contributed by atoms with Crippen LogP contribution in [0.2, 0.25) is 0 Å². The van der Waals surface area contributed by atoms with Crippen molar-refractivity contribution >= 4 is 0 Å². The summed E-state index contributed by atoms with van der Waals surface area (Å²) in [5.41, 5.74) is 1.21. The molecular formula is C21H26N2O3. The van der Waals surface area contributed by atoms with Gasteiger partial charge in [0.1, 0.15) is 0 Å². The number of benzene rings is 1. The van der Waals surface area contributed by atoms with Crippen LogP contribution in [-0.4, -0.2) is 41.3 Å². The number of piperidine rings is 1. The normalized spacial score (nSPS) is 28.1. The summed E-state index contributed by atoms with van der Waals surface area (Å²) >= 11 is 0. The van der Waals surface area contributed by atoms with Gasteiger partial charge in [0.05, 0.1) is 19.8 Å². The molecule has 2 aliphatic rings. The molecule has 138 valence electrons. The standard InChI is InChI=1S/C21H26N2O3/c1-25-19-11-10-18(20(22-19)26-2)21(24)12-16-8-9-17(13-21)23(16)14-15-6-4-3-5-7-15/h3-7,10-11,16-17,24H,8-9,12-14H2,1-2H3. The molecule has 2 aliphatic heterocycles. The highest BCUT2D eigenvalue weighted by Crippen LogP contribution is 2.48. The van der Waals surface area contributed by atoms with Crippen molar-refractivity contribution in [1.82, 2.24) is 9.88 Å². The molecule has 2 bridgehead atoms. The number of hydrogen-bond acceptors (Lipinski definition) is 5. The Morgan fingerprint density at radius 1 is 1.04 bits per heavy atom. The second-order valence-electron chi connectivity index (χ2n) is 7.39. The number of pyridine rings is 1. The first-order valence-electron chi connectivity index (χ1n) is 9.24. The summed E-state index contributed by atoms with van der Waals surface area (Å²) < 4.78 is 10.6. The minimum Gasteiger partial charge on any atom is -0.481 e. The minimum atomic E-state index is -0.899. The number of aliphatic hydroxyl groups is 1. The first-order valence-corrected chi connectivity index (χ1v) is 9.24. The van der Waals surface area contributed by atoms with Gasteiger partial charge in [-0.1, -0.05) is 30.3 Å². The van der Waals surface area contributed by atoms with E-state index < -0.39 is 5.60 Å². The van der Waals surface area contributed by atoms with E-state index in [0.717, 1.165) is 24.9 Å².